The molecule has 2 unspecified atom stereocenters. The van der Waals surface area contributed by atoms with E-state index in [2.05, 4.69) is 36.4 Å². The van der Waals surface area contributed by atoms with Gasteiger partial charge in [-0.2, -0.15) is 0 Å². The summed E-state index contributed by atoms with van der Waals surface area (Å²) in [6.45, 7) is 5.46. The zero-order valence-electron chi connectivity index (χ0n) is 12.9. The Morgan fingerprint density at radius 1 is 1.40 bits per heavy atom. The van der Waals surface area contributed by atoms with Gasteiger partial charge in [-0.15, -0.1) is 0 Å². The molecule has 0 aliphatic carbocycles. The van der Waals surface area contributed by atoms with Gasteiger partial charge in [0.25, 0.3) is 5.91 Å². The lowest BCUT2D eigenvalue weighted by molar-refractivity contribution is 0.0963. The van der Waals surface area contributed by atoms with Crippen molar-refractivity contribution in [3.05, 3.63) is 29.3 Å². The van der Waals surface area contributed by atoms with Gasteiger partial charge in [0.15, 0.2) is 0 Å². The van der Waals surface area contributed by atoms with Crippen molar-refractivity contribution in [2.45, 2.75) is 38.8 Å². The minimum atomic E-state index is -0.0372. The molecule has 0 saturated carbocycles. The van der Waals surface area contributed by atoms with Crippen molar-refractivity contribution in [2.75, 3.05) is 26.0 Å². The topological polar surface area (TPSA) is 44.4 Å². The Hall–Kier alpha value is -1.55. The zero-order valence-corrected chi connectivity index (χ0v) is 12.9. The van der Waals surface area contributed by atoms with Crippen molar-refractivity contribution in [2.24, 2.45) is 0 Å². The van der Waals surface area contributed by atoms with E-state index in [1.165, 1.54) is 5.56 Å². The minimum absolute atomic E-state index is 0.0372. The van der Waals surface area contributed by atoms with E-state index in [-0.39, 0.29) is 5.91 Å². The van der Waals surface area contributed by atoms with Crippen LogP contribution < -0.4 is 10.6 Å². The van der Waals surface area contributed by atoms with E-state index in [0.717, 1.165) is 25.1 Å². The Kier molecular flexibility index (Phi) is 4.65. The monoisotopic (exact) mass is 275 g/mol. The molecular weight excluding hydrogens is 250 g/mol. The third kappa shape index (κ3) is 3.31. The maximum Gasteiger partial charge on any atom is 0.251 e. The number of aryl methyl sites for hydroxylation is 1. The summed E-state index contributed by atoms with van der Waals surface area (Å²) in [5.41, 5.74) is 2.97. The lowest BCUT2D eigenvalue weighted by atomic mass is 9.98. The average Bonchev–Trinajstić information content (AvgIpc) is 2.44. The number of nitrogens with one attached hydrogen (secondary N) is 2. The van der Waals surface area contributed by atoms with E-state index in [0.29, 0.717) is 17.6 Å². The van der Waals surface area contributed by atoms with Crippen molar-refractivity contribution >= 4 is 11.6 Å². The zero-order chi connectivity index (χ0) is 14.7. The van der Waals surface area contributed by atoms with Crippen molar-refractivity contribution in [3.63, 3.8) is 0 Å². The van der Waals surface area contributed by atoms with Gasteiger partial charge in [-0.25, -0.2) is 0 Å². The molecule has 0 bridgehead atoms. The molecule has 4 heteroatoms. The SMILES string of the molecule is CNC(=O)c1ccc(C)c(NC2CCN(C)C(C)C2)c1. The molecule has 1 saturated heterocycles. The predicted molar refractivity (Wildman–Crippen MR) is 83.3 cm³/mol. The number of hydrogen-bond acceptors (Lipinski definition) is 3. The second kappa shape index (κ2) is 6.27. The molecule has 1 amide bonds. The number of carbonyl (C=O) groups is 1. The highest BCUT2D eigenvalue weighted by Gasteiger charge is 2.23. The fourth-order valence-corrected chi connectivity index (χ4v) is 2.70. The van der Waals surface area contributed by atoms with E-state index < -0.39 is 0 Å². The summed E-state index contributed by atoms with van der Waals surface area (Å²) in [5, 5.41) is 6.28. The quantitative estimate of drug-likeness (QED) is 0.889. The molecule has 0 radical (unpaired) electrons. The molecule has 0 spiro atoms. The standard InChI is InChI=1S/C16H25N3O/c1-11-5-6-13(16(20)17-3)10-15(11)18-14-7-8-19(4)12(2)9-14/h5-6,10,12,14,18H,7-9H2,1-4H3,(H,17,20). The van der Waals surface area contributed by atoms with Crippen LogP contribution in [0.2, 0.25) is 0 Å². The molecule has 1 aliphatic heterocycles. The second-order valence-electron chi connectivity index (χ2n) is 5.80. The van der Waals surface area contributed by atoms with Gasteiger partial charge in [-0.1, -0.05) is 6.07 Å². The van der Waals surface area contributed by atoms with Gasteiger partial charge in [0, 0.05) is 36.9 Å². The van der Waals surface area contributed by atoms with E-state index in [4.69, 9.17) is 0 Å². The minimum Gasteiger partial charge on any atom is -0.382 e. The highest BCUT2D eigenvalue weighted by molar-refractivity contribution is 5.95. The van der Waals surface area contributed by atoms with Gasteiger partial charge in [-0.3, -0.25) is 4.79 Å². The van der Waals surface area contributed by atoms with Gasteiger partial charge in [0.05, 0.1) is 0 Å². The van der Waals surface area contributed by atoms with Crippen LogP contribution in [-0.2, 0) is 0 Å². The molecule has 1 aromatic carbocycles. The summed E-state index contributed by atoms with van der Waals surface area (Å²) in [5.74, 6) is -0.0372. The molecule has 1 fully saturated rings. The lowest BCUT2D eigenvalue weighted by Crippen LogP contribution is -2.42. The van der Waals surface area contributed by atoms with Crippen LogP contribution in [0.5, 0.6) is 0 Å². The fraction of sp³-hybridized carbons (Fsp3) is 0.562. The Labute approximate surface area is 121 Å². The fourth-order valence-electron chi connectivity index (χ4n) is 2.70. The number of nitrogens with zero attached hydrogens (tertiary/aromatic N) is 1. The molecule has 0 aromatic heterocycles. The molecule has 1 aliphatic rings. The Balaban J connectivity index is 2.10. The third-order valence-electron chi connectivity index (χ3n) is 4.29. The number of amides is 1. The number of rotatable bonds is 3. The maximum absolute atomic E-state index is 11.7. The first-order valence-corrected chi connectivity index (χ1v) is 7.30. The molecular formula is C16H25N3O. The smallest absolute Gasteiger partial charge is 0.251 e. The highest BCUT2D eigenvalue weighted by atomic mass is 16.1. The first-order valence-electron chi connectivity index (χ1n) is 7.30. The summed E-state index contributed by atoms with van der Waals surface area (Å²) in [4.78, 5) is 14.1. The van der Waals surface area contributed by atoms with Crippen molar-refractivity contribution in [1.29, 1.82) is 0 Å². The van der Waals surface area contributed by atoms with E-state index in [1.54, 1.807) is 7.05 Å². The number of likely N-dealkylation sites (tertiary alicyclic amines) is 1. The highest BCUT2D eigenvalue weighted by Crippen LogP contribution is 2.23. The molecule has 1 heterocycles. The first-order chi connectivity index (χ1) is 9.51. The number of benzene rings is 1. The third-order valence-corrected chi connectivity index (χ3v) is 4.29. The molecule has 20 heavy (non-hydrogen) atoms. The summed E-state index contributed by atoms with van der Waals surface area (Å²) < 4.78 is 0. The van der Waals surface area contributed by atoms with Crippen molar-refractivity contribution < 1.29 is 4.79 Å². The van der Waals surface area contributed by atoms with E-state index in [9.17, 15) is 4.79 Å². The summed E-state index contributed by atoms with van der Waals surface area (Å²) in [6.07, 6.45) is 2.28. The van der Waals surface area contributed by atoms with Crippen LogP contribution in [0, 0.1) is 6.92 Å². The van der Waals surface area contributed by atoms with Crippen LogP contribution in [0.4, 0.5) is 5.69 Å². The molecule has 2 atom stereocenters. The predicted octanol–water partition coefficient (Wildman–Crippen LogP) is 2.25. The van der Waals surface area contributed by atoms with E-state index in [1.807, 2.05) is 18.2 Å². The van der Waals surface area contributed by atoms with Crippen LogP contribution in [0.15, 0.2) is 18.2 Å². The largest absolute Gasteiger partial charge is 0.382 e. The van der Waals surface area contributed by atoms with E-state index >= 15 is 0 Å². The van der Waals surface area contributed by atoms with Crippen LogP contribution in [-0.4, -0.2) is 43.5 Å². The number of anilines is 1. The van der Waals surface area contributed by atoms with Gasteiger partial charge in [-0.05, 0) is 51.4 Å². The average molecular weight is 275 g/mol. The number of carbonyl (C=O) groups excluding carboxylic acids is 1. The van der Waals surface area contributed by atoms with Crippen LogP contribution in [0.3, 0.4) is 0 Å². The first kappa shape index (κ1) is 14.9. The van der Waals surface area contributed by atoms with Crippen LogP contribution in [0.25, 0.3) is 0 Å². The molecule has 1 aromatic rings. The number of piperidine rings is 1. The van der Waals surface area contributed by atoms with Gasteiger partial charge in [0.2, 0.25) is 0 Å². The maximum atomic E-state index is 11.7. The Bertz CT molecular complexity index is 487. The summed E-state index contributed by atoms with van der Waals surface area (Å²) in [6, 6.07) is 6.92. The summed E-state index contributed by atoms with van der Waals surface area (Å²) >= 11 is 0. The van der Waals surface area contributed by atoms with Crippen LogP contribution in [0.1, 0.15) is 35.7 Å². The molecule has 4 nitrogen and oxygen atoms in total. The molecule has 2 N–H and O–H groups in total. The van der Waals surface area contributed by atoms with Gasteiger partial charge in [0.1, 0.15) is 0 Å². The van der Waals surface area contributed by atoms with Gasteiger partial charge >= 0.3 is 0 Å². The van der Waals surface area contributed by atoms with Crippen molar-refractivity contribution in [1.82, 2.24) is 10.2 Å². The Morgan fingerprint density at radius 2 is 2.15 bits per heavy atom. The van der Waals surface area contributed by atoms with Gasteiger partial charge < -0.3 is 15.5 Å². The normalized spacial score (nSPS) is 23.4. The molecule has 2 rings (SSSR count). The Morgan fingerprint density at radius 3 is 2.80 bits per heavy atom. The molecule has 110 valence electrons. The summed E-state index contributed by atoms with van der Waals surface area (Å²) in [7, 11) is 3.84. The van der Waals surface area contributed by atoms with Crippen LogP contribution >= 0.6 is 0 Å². The lowest BCUT2D eigenvalue weighted by Gasteiger charge is -2.36. The number of hydrogen-bond donors (Lipinski definition) is 2. The van der Waals surface area contributed by atoms with Crippen molar-refractivity contribution in [3.8, 4) is 0 Å². The second-order valence-corrected chi connectivity index (χ2v) is 5.80.